The van der Waals surface area contributed by atoms with Crippen molar-refractivity contribution in [2.75, 3.05) is 0 Å². The highest BCUT2D eigenvalue weighted by Crippen LogP contribution is 2.09. The van der Waals surface area contributed by atoms with Crippen LogP contribution in [0.1, 0.15) is 54.7 Å². The fourth-order valence-corrected chi connectivity index (χ4v) is 1.50. The van der Waals surface area contributed by atoms with Crippen LogP contribution in [0.4, 0.5) is 0 Å². The van der Waals surface area contributed by atoms with E-state index >= 15 is 0 Å². The van der Waals surface area contributed by atoms with E-state index < -0.39 is 0 Å². The van der Waals surface area contributed by atoms with E-state index in [1.807, 2.05) is 20.8 Å². The summed E-state index contributed by atoms with van der Waals surface area (Å²) in [6.45, 7) is 6.34. The summed E-state index contributed by atoms with van der Waals surface area (Å²) in [5, 5.41) is 6.37. The molecule has 0 saturated carbocycles. The lowest BCUT2D eigenvalue weighted by atomic mass is 10.2. The number of nitrogens with one attached hydrogen (secondary N) is 2. The zero-order valence-corrected chi connectivity index (χ0v) is 11.2. The predicted molar refractivity (Wildman–Crippen MR) is 67.5 cm³/mol. The molecule has 0 aliphatic carbocycles. The maximum atomic E-state index is 11.7. The molecule has 0 aliphatic heterocycles. The maximum Gasteiger partial charge on any atom is 0.315 e. The number of carbonyl (C=O) groups excluding carboxylic acids is 1. The molecule has 0 unspecified atom stereocenters. The second-order valence-corrected chi connectivity index (χ2v) is 4.50. The van der Waals surface area contributed by atoms with E-state index in [4.69, 9.17) is 4.52 Å². The average molecular weight is 263 g/mol. The van der Waals surface area contributed by atoms with Gasteiger partial charge in [-0.3, -0.25) is 4.79 Å². The third-order valence-electron chi connectivity index (χ3n) is 2.61. The Labute approximate surface area is 110 Å². The molecule has 0 radical (unpaired) electrons. The number of nitrogens with zero attached hydrogens (tertiary/aromatic N) is 3. The van der Waals surface area contributed by atoms with Gasteiger partial charge >= 0.3 is 11.8 Å². The third kappa shape index (κ3) is 3.18. The monoisotopic (exact) mass is 263 g/mol. The highest BCUT2D eigenvalue weighted by molar-refractivity contribution is 5.89. The van der Waals surface area contributed by atoms with Gasteiger partial charge in [-0.15, -0.1) is 0 Å². The van der Waals surface area contributed by atoms with Gasteiger partial charge in [0.15, 0.2) is 5.82 Å². The molecule has 7 heteroatoms. The number of imidazole rings is 1. The summed E-state index contributed by atoms with van der Waals surface area (Å²) < 4.78 is 4.85. The molecule has 1 amide bonds. The number of carbonyl (C=O) groups is 1. The molecule has 102 valence electrons. The maximum absolute atomic E-state index is 11.7. The molecule has 2 aromatic rings. The minimum atomic E-state index is -0.382. The van der Waals surface area contributed by atoms with Crippen LogP contribution in [0.2, 0.25) is 0 Å². The largest absolute Gasteiger partial charge is 0.344 e. The summed E-state index contributed by atoms with van der Waals surface area (Å²) in [7, 11) is 0. The minimum Gasteiger partial charge on any atom is -0.344 e. The zero-order chi connectivity index (χ0) is 13.8. The van der Waals surface area contributed by atoms with Gasteiger partial charge in [-0.1, -0.05) is 25.9 Å². The number of H-pyrrole nitrogens is 1. The molecule has 2 N–H and O–H groups in total. The Bertz CT molecular complexity index is 558. The predicted octanol–water partition coefficient (Wildman–Crippen LogP) is 1.41. The molecule has 2 heterocycles. The minimum absolute atomic E-state index is 0.0135. The van der Waals surface area contributed by atoms with Crippen molar-refractivity contribution in [3.05, 3.63) is 29.4 Å². The molecule has 2 rings (SSSR count). The van der Waals surface area contributed by atoms with Crippen molar-refractivity contribution in [1.29, 1.82) is 0 Å². The lowest BCUT2D eigenvalue weighted by Crippen LogP contribution is -2.23. The van der Waals surface area contributed by atoms with Gasteiger partial charge in [0.1, 0.15) is 5.82 Å². The van der Waals surface area contributed by atoms with Crippen LogP contribution in [-0.4, -0.2) is 26.0 Å². The normalized spacial score (nSPS) is 10.9. The fraction of sp³-hybridized carbons (Fsp3) is 0.500. The standard InChI is InChI=1S/C12H17N5O2/c1-4-9-16-12(19-17-9)11(18)14-6-8-5-13-10(15-8)7(2)3/h5,7H,4,6H2,1-3H3,(H,13,15)(H,14,18). The van der Waals surface area contributed by atoms with Crippen molar-refractivity contribution in [3.63, 3.8) is 0 Å². The number of aromatic amines is 1. The first-order valence-electron chi connectivity index (χ1n) is 6.24. The summed E-state index contributed by atoms with van der Waals surface area (Å²) in [5.74, 6) is 1.35. The van der Waals surface area contributed by atoms with Crippen molar-refractivity contribution >= 4 is 5.91 Å². The third-order valence-corrected chi connectivity index (χ3v) is 2.61. The first-order valence-corrected chi connectivity index (χ1v) is 6.24. The Morgan fingerprint density at radius 3 is 2.89 bits per heavy atom. The lowest BCUT2D eigenvalue weighted by Gasteiger charge is -2.00. The Hall–Kier alpha value is -2.18. The molecular weight excluding hydrogens is 246 g/mol. The highest BCUT2D eigenvalue weighted by atomic mass is 16.5. The van der Waals surface area contributed by atoms with Crippen LogP contribution < -0.4 is 5.32 Å². The van der Waals surface area contributed by atoms with Gasteiger partial charge < -0.3 is 14.8 Å². The van der Waals surface area contributed by atoms with E-state index in [1.54, 1.807) is 6.20 Å². The molecule has 0 saturated heterocycles. The first kappa shape index (κ1) is 13.3. The quantitative estimate of drug-likeness (QED) is 0.850. The number of aromatic nitrogens is 4. The summed E-state index contributed by atoms with van der Waals surface area (Å²) in [4.78, 5) is 23.1. The van der Waals surface area contributed by atoms with Crippen molar-refractivity contribution in [2.24, 2.45) is 0 Å². The van der Waals surface area contributed by atoms with Crippen LogP contribution in [0, 0.1) is 0 Å². The summed E-state index contributed by atoms with van der Waals surface area (Å²) in [5.41, 5.74) is 0.840. The van der Waals surface area contributed by atoms with Crippen molar-refractivity contribution < 1.29 is 9.32 Å². The van der Waals surface area contributed by atoms with Gasteiger partial charge in [0.2, 0.25) is 0 Å². The Kier molecular flexibility index (Phi) is 3.94. The molecule has 7 nitrogen and oxygen atoms in total. The zero-order valence-electron chi connectivity index (χ0n) is 11.2. The molecule has 2 aromatic heterocycles. The van der Waals surface area contributed by atoms with Crippen LogP contribution in [0.3, 0.4) is 0 Å². The molecule has 0 atom stereocenters. The van der Waals surface area contributed by atoms with Gasteiger partial charge in [-0.2, -0.15) is 4.98 Å². The van der Waals surface area contributed by atoms with Crippen molar-refractivity contribution in [2.45, 2.75) is 39.7 Å². The highest BCUT2D eigenvalue weighted by Gasteiger charge is 2.14. The lowest BCUT2D eigenvalue weighted by molar-refractivity contribution is 0.0906. The van der Waals surface area contributed by atoms with Crippen LogP contribution in [0.25, 0.3) is 0 Å². The van der Waals surface area contributed by atoms with E-state index in [9.17, 15) is 4.79 Å². The average Bonchev–Trinajstić information content (AvgIpc) is 3.04. The van der Waals surface area contributed by atoms with E-state index in [1.165, 1.54) is 0 Å². The van der Waals surface area contributed by atoms with Gasteiger partial charge in [0.05, 0.1) is 18.4 Å². The molecular formula is C12H17N5O2. The Morgan fingerprint density at radius 2 is 2.32 bits per heavy atom. The Balaban J connectivity index is 1.92. The number of hydrogen-bond acceptors (Lipinski definition) is 5. The molecule has 0 fully saturated rings. The van der Waals surface area contributed by atoms with E-state index in [-0.39, 0.29) is 11.8 Å². The summed E-state index contributed by atoms with van der Waals surface area (Å²) in [6, 6.07) is 0. The molecule has 19 heavy (non-hydrogen) atoms. The number of amides is 1. The van der Waals surface area contributed by atoms with E-state index in [0.29, 0.717) is 24.7 Å². The first-order chi connectivity index (χ1) is 9.10. The van der Waals surface area contributed by atoms with Gasteiger partial charge in [0, 0.05) is 12.3 Å². The van der Waals surface area contributed by atoms with Gasteiger partial charge in [0.25, 0.3) is 0 Å². The van der Waals surface area contributed by atoms with Gasteiger partial charge in [-0.05, 0) is 0 Å². The fourth-order valence-electron chi connectivity index (χ4n) is 1.50. The molecule has 0 aromatic carbocycles. The van der Waals surface area contributed by atoms with E-state index in [2.05, 4.69) is 25.4 Å². The molecule has 0 spiro atoms. The Morgan fingerprint density at radius 1 is 1.53 bits per heavy atom. The van der Waals surface area contributed by atoms with Gasteiger partial charge in [-0.25, -0.2) is 4.98 Å². The topological polar surface area (TPSA) is 96.7 Å². The van der Waals surface area contributed by atoms with Crippen LogP contribution in [0.15, 0.2) is 10.7 Å². The number of rotatable bonds is 5. The number of hydrogen-bond donors (Lipinski definition) is 2. The van der Waals surface area contributed by atoms with Crippen LogP contribution in [0.5, 0.6) is 0 Å². The smallest absolute Gasteiger partial charge is 0.315 e. The van der Waals surface area contributed by atoms with Crippen molar-refractivity contribution in [1.82, 2.24) is 25.4 Å². The molecule has 0 aliphatic rings. The second-order valence-electron chi connectivity index (χ2n) is 4.50. The van der Waals surface area contributed by atoms with E-state index in [0.717, 1.165) is 11.5 Å². The summed E-state index contributed by atoms with van der Waals surface area (Å²) >= 11 is 0. The SMILES string of the molecule is CCc1noc(C(=O)NCc2cnc(C(C)C)[nH]2)n1. The van der Waals surface area contributed by atoms with Crippen LogP contribution >= 0.6 is 0 Å². The summed E-state index contributed by atoms with van der Waals surface area (Å²) in [6.07, 6.45) is 2.34. The molecule has 0 bridgehead atoms. The van der Waals surface area contributed by atoms with Crippen molar-refractivity contribution in [3.8, 4) is 0 Å². The van der Waals surface area contributed by atoms with Crippen LogP contribution in [-0.2, 0) is 13.0 Å². The second kappa shape index (κ2) is 5.64. The number of aryl methyl sites for hydroxylation is 1.